The zero-order valence-corrected chi connectivity index (χ0v) is 12.3. The summed E-state index contributed by atoms with van der Waals surface area (Å²) >= 11 is 0. The van der Waals surface area contributed by atoms with Gasteiger partial charge in [-0.2, -0.15) is 0 Å². The predicted octanol–water partition coefficient (Wildman–Crippen LogP) is 1.12. The second-order valence-corrected chi connectivity index (χ2v) is 6.30. The van der Waals surface area contributed by atoms with E-state index < -0.39 is 0 Å². The third-order valence-corrected chi connectivity index (χ3v) is 5.00. The van der Waals surface area contributed by atoms with Crippen LogP contribution in [0.4, 0.5) is 5.95 Å². The van der Waals surface area contributed by atoms with Crippen molar-refractivity contribution in [1.29, 1.82) is 0 Å². The highest BCUT2D eigenvalue weighted by atomic mass is 15.3. The van der Waals surface area contributed by atoms with Crippen molar-refractivity contribution < 1.29 is 0 Å². The van der Waals surface area contributed by atoms with Crippen molar-refractivity contribution in [2.75, 3.05) is 37.6 Å². The first-order chi connectivity index (χ1) is 9.73. The molecule has 5 nitrogen and oxygen atoms in total. The molecular formula is C15H25N5. The highest BCUT2D eigenvalue weighted by Crippen LogP contribution is 2.38. The summed E-state index contributed by atoms with van der Waals surface area (Å²) in [5.74, 6) is 1.67. The maximum absolute atomic E-state index is 6.13. The lowest BCUT2D eigenvalue weighted by Crippen LogP contribution is -2.59. The number of aromatic nitrogens is 2. The van der Waals surface area contributed by atoms with Crippen LogP contribution < -0.4 is 10.6 Å². The van der Waals surface area contributed by atoms with E-state index in [9.17, 15) is 0 Å². The number of piperazine rings is 1. The van der Waals surface area contributed by atoms with Gasteiger partial charge in [-0.1, -0.05) is 6.92 Å². The van der Waals surface area contributed by atoms with Gasteiger partial charge in [0.05, 0.1) is 0 Å². The predicted molar refractivity (Wildman–Crippen MR) is 80.6 cm³/mol. The van der Waals surface area contributed by atoms with E-state index in [2.05, 4.69) is 26.7 Å². The normalized spacial score (nSPS) is 31.7. The Labute approximate surface area is 121 Å². The van der Waals surface area contributed by atoms with E-state index in [0.717, 1.165) is 44.6 Å². The van der Waals surface area contributed by atoms with Crippen molar-refractivity contribution in [3.8, 4) is 0 Å². The average Bonchev–Trinajstić information content (AvgIpc) is 2.91. The Kier molecular flexibility index (Phi) is 3.89. The molecule has 0 amide bonds. The van der Waals surface area contributed by atoms with Crippen LogP contribution in [-0.4, -0.2) is 53.1 Å². The van der Waals surface area contributed by atoms with Gasteiger partial charge in [0.25, 0.3) is 0 Å². The van der Waals surface area contributed by atoms with Crippen molar-refractivity contribution in [2.45, 2.75) is 31.7 Å². The molecule has 5 heteroatoms. The zero-order chi connectivity index (χ0) is 14.0. The Hall–Kier alpha value is -1.20. The Morgan fingerprint density at radius 1 is 1.25 bits per heavy atom. The molecule has 2 N–H and O–H groups in total. The SMILES string of the molecule is CC1CCC(CN)(N2CCN(c3ncccn3)CC2)C1. The third-order valence-electron chi connectivity index (χ3n) is 5.00. The van der Waals surface area contributed by atoms with Gasteiger partial charge in [-0.3, -0.25) is 4.90 Å². The maximum atomic E-state index is 6.13. The van der Waals surface area contributed by atoms with Crippen LogP contribution in [0.25, 0.3) is 0 Å². The Morgan fingerprint density at radius 2 is 1.95 bits per heavy atom. The molecular weight excluding hydrogens is 250 g/mol. The number of hydrogen-bond donors (Lipinski definition) is 1. The van der Waals surface area contributed by atoms with Crippen molar-refractivity contribution in [3.05, 3.63) is 18.5 Å². The fourth-order valence-electron chi connectivity index (χ4n) is 3.80. The molecule has 0 bridgehead atoms. The second kappa shape index (κ2) is 5.66. The van der Waals surface area contributed by atoms with Gasteiger partial charge in [0.15, 0.2) is 0 Å². The molecule has 1 aromatic rings. The molecule has 3 rings (SSSR count). The number of nitrogens with zero attached hydrogens (tertiary/aromatic N) is 4. The largest absolute Gasteiger partial charge is 0.338 e. The first kappa shape index (κ1) is 13.8. The molecule has 2 atom stereocenters. The van der Waals surface area contributed by atoms with Crippen LogP contribution >= 0.6 is 0 Å². The fraction of sp³-hybridized carbons (Fsp3) is 0.733. The summed E-state index contributed by atoms with van der Waals surface area (Å²) in [7, 11) is 0. The van der Waals surface area contributed by atoms with Crippen LogP contribution in [0.2, 0.25) is 0 Å². The van der Waals surface area contributed by atoms with E-state index in [1.54, 1.807) is 0 Å². The number of anilines is 1. The van der Waals surface area contributed by atoms with E-state index in [4.69, 9.17) is 5.73 Å². The molecule has 1 saturated heterocycles. The molecule has 1 saturated carbocycles. The molecule has 110 valence electrons. The lowest BCUT2D eigenvalue weighted by molar-refractivity contribution is 0.0885. The molecule has 2 heterocycles. The fourth-order valence-corrected chi connectivity index (χ4v) is 3.80. The monoisotopic (exact) mass is 275 g/mol. The van der Waals surface area contributed by atoms with Gasteiger partial charge in [-0.05, 0) is 31.2 Å². The van der Waals surface area contributed by atoms with E-state index in [1.807, 2.05) is 18.5 Å². The molecule has 2 aliphatic rings. The van der Waals surface area contributed by atoms with E-state index in [-0.39, 0.29) is 5.54 Å². The van der Waals surface area contributed by atoms with Crippen molar-refractivity contribution >= 4 is 5.95 Å². The Morgan fingerprint density at radius 3 is 2.50 bits per heavy atom. The summed E-state index contributed by atoms with van der Waals surface area (Å²) in [6.07, 6.45) is 7.46. The van der Waals surface area contributed by atoms with Crippen molar-refractivity contribution in [2.24, 2.45) is 11.7 Å². The average molecular weight is 275 g/mol. The highest BCUT2D eigenvalue weighted by molar-refractivity contribution is 5.29. The maximum Gasteiger partial charge on any atom is 0.225 e. The summed E-state index contributed by atoms with van der Waals surface area (Å²) in [6, 6.07) is 1.86. The van der Waals surface area contributed by atoms with Gasteiger partial charge >= 0.3 is 0 Å². The third kappa shape index (κ3) is 2.52. The van der Waals surface area contributed by atoms with Crippen LogP contribution in [0.15, 0.2) is 18.5 Å². The van der Waals surface area contributed by atoms with Gasteiger partial charge in [0.2, 0.25) is 5.95 Å². The van der Waals surface area contributed by atoms with E-state index in [1.165, 1.54) is 19.3 Å². The van der Waals surface area contributed by atoms with Crippen molar-refractivity contribution in [1.82, 2.24) is 14.9 Å². The van der Waals surface area contributed by atoms with Crippen molar-refractivity contribution in [3.63, 3.8) is 0 Å². The topological polar surface area (TPSA) is 58.3 Å². The van der Waals surface area contributed by atoms with Gasteiger partial charge in [-0.15, -0.1) is 0 Å². The molecule has 2 unspecified atom stereocenters. The minimum absolute atomic E-state index is 0.253. The minimum Gasteiger partial charge on any atom is -0.338 e. The zero-order valence-electron chi connectivity index (χ0n) is 12.3. The van der Waals surface area contributed by atoms with E-state index >= 15 is 0 Å². The molecule has 2 fully saturated rings. The van der Waals surface area contributed by atoms with Gasteiger partial charge < -0.3 is 10.6 Å². The first-order valence-corrected chi connectivity index (χ1v) is 7.71. The molecule has 1 aliphatic heterocycles. The van der Waals surface area contributed by atoms with Crippen LogP contribution in [0.3, 0.4) is 0 Å². The van der Waals surface area contributed by atoms with Gasteiger partial charge in [0.1, 0.15) is 0 Å². The summed E-state index contributed by atoms with van der Waals surface area (Å²) in [4.78, 5) is 13.6. The summed E-state index contributed by atoms with van der Waals surface area (Å²) in [5, 5.41) is 0. The number of rotatable bonds is 3. The number of nitrogens with two attached hydrogens (primary N) is 1. The molecule has 1 aliphatic carbocycles. The quantitative estimate of drug-likeness (QED) is 0.895. The lowest BCUT2D eigenvalue weighted by Gasteiger charge is -2.45. The summed E-state index contributed by atoms with van der Waals surface area (Å²) in [6.45, 7) is 7.29. The first-order valence-electron chi connectivity index (χ1n) is 7.71. The van der Waals surface area contributed by atoms with Crippen LogP contribution in [0.1, 0.15) is 26.2 Å². The summed E-state index contributed by atoms with van der Waals surface area (Å²) < 4.78 is 0. The standard InChI is InChI=1S/C15H25N5/c1-13-3-4-15(11-13,12-16)20-9-7-19(8-10-20)14-17-5-2-6-18-14/h2,5-6,13H,3-4,7-12,16H2,1H3. The Balaban J connectivity index is 1.64. The molecule has 1 aromatic heterocycles. The minimum atomic E-state index is 0.253. The molecule has 0 aromatic carbocycles. The molecule has 0 spiro atoms. The van der Waals surface area contributed by atoms with Gasteiger partial charge in [-0.25, -0.2) is 9.97 Å². The summed E-state index contributed by atoms with van der Waals surface area (Å²) in [5.41, 5.74) is 6.38. The second-order valence-electron chi connectivity index (χ2n) is 6.30. The number of hydrogen-bond acceptors (Lipinski definition) is 5. The molecule has 20 heavy (non-hydrogen) atoms. The van der Waals surface area contributed by atoms with Crippen LogP contribution in [0.5, 0.6) is 0 Å². The van der Waals surface area contributed by atoms with Gasteiger partial charge in [0, 0.05) is 50.7 Å². The molecule has 0 radical (unpaired) electrons. The van der Waals surface area contributed by atoms with Crippen LogP contribution in [0, 0.1) is 5.92 Å². The van der Waals surface area contributed by atoms with E-state index in [0.29, 0.717) is 0 Å². The highest BCUT2D eigenvalue weighted by Gasteiger charge is 2.42. The lowest BCUT2D eigenvalue weighted by atomic mass is 9.93. The smallest absolute Gasteiger partial charge is 0.225 e. The van der Waals surface area contributed by atoms with Crippen LogP contribution in [-0.2, 0) is 0 Å². The Bertz CT molecular complexity index is 429.